The van der Waals surface area contributed by atoms with Gasteiger partial charge in [-0.15, -0.1) is 0 Å². The Morgan fingerprint density at radius 3 is 2.09 bits per heavy atom. The molecule has 0 aliphatic rings. The van der Waals surface area contributed by atoms with E-state index < -0.39 is 5.92 Å². The number of carbonyl (C=O) groups excluding carboxylic acids is 2. The molecule has 22 heavy (non-hydrogen) atoms. The van der Waals surface area contributed by atoms with E-state index in [0.717, 1.165) is 25.7 Å². The van der Waals surface area contributed by atoms with Crippen LogP contribution in [0.3, 0.4) is 0 Å². The molecular formula is C16H31NO5. The molecule has 0 N–H and O–H groups in total. The molecule has 0 aromatic rings. The average molecular weight is 317 g/mol. The van der Waals surface area contributed by atoms with Crippen LogP contribution in [0, 0.1) is 11.8 Å². The van der Waals surface area contributed by atoms with Crippen LogP contribution < -0.4 is 0 Å². The predicted molar refractivity (Wildman–Crippen MR) is 84.0 cm³/mol. The van der Waals surface area contributed by atoms with Gasteiger partial charge >= 0.3 is 11.9 Å². The quantitative estimate of drug-likeness (QED) is 0.313. The van der Waals surface area contributed by atoms with Crippen molar-refractivity contribution >= 4 is 11.9 Å². The van der Waals surface area contributed by atoms with Gasteiger partial charge in [0.1, 0.15) is 6.61 Å². The number of unbranched alkanes of at least 4 members (excludes halogenated alkanes) is 2. The Bertz CT molecular complexity index is 320. The van der Waals surface area contributed by atoms with E-state index in [1.54, 1.807) is 12.0 Å². The standard InChI is InChI=1S/C16H31NO5/c1-6-13(2)15(18)21-12-14(3)16(19)20-10-8-7-9-11-22-17(4)5/h13-14H,6-12H2,1-5H3. The third-order valence-corrected chi connectivity index (χ3v) is 3.28. The van der Waals surface area contributed by atoms with E-state index in [2.05, 4.69) is 0 Å². The van der Waals surface area contributed by atoms with Crippen LogP contribution in [0.5, 0.6) is 0 Å². The van der Waals surface area contributed by atoms with Crippen molar-refractivity contribution in [2.24, 2.45) is 11.8 Å². The van der Waals surface area contributed by atoms with Crippen LogP contribution in [0.4, 0.5) is 0 Å². The van der Waals surface area contributed by atoms with Crippen LogP contribution >= 0.6 is 0 Å². The lowest BCUT2D eigenvalue weighted by atomic mass is 10.1. The first kappa shape index (κ1) is 20.9. The molecule has 2 unspecified atom stereocenters. The van der Waals surface area contributed by atoms with E-state index in [9.17, 15) is 9.59 Å². The van der Waals surface area contributed by atoms with Gasteiger partial charge in [-0.3, -0.25) is 14.4 Å². The molecule has 6 heteroatoms. The summed E-state index contributed by atoms with van der Waals surface area (Å²) in [7, 11) is 3.69. The van der Waals surface area contributed by atoms with E-state index in [0.29, 0.717) is 13.2 Å². The third-order valence-electron chi connectivity index (χ3n) is 3.28. The molecule has 0 aromatic carbocycles. The van der Waals surface area contributed by atoms with Crippen molar-refractivity contribution in [1.82, 2.24) is 5.06 Å². The molecule has 0 rings (SSSR count). The highest BCUT2D eigenvalue weighted by Gasteiger charge is 2.18. The van der Waals surface area contributed by atoms with Crippen molar-refractivity contribution in [3.05, 3.63) is 0 Å². The highest BCUT2D eigenvalue weighted by molar-refractivity contribution is 5.74. The van der Waals surface area contributed by atoms with Gasteiger partial charge in [0.05, 0.1) is 25.0 Å². The summed E-state index contributed by atoms with van der Waals surface area (Å²) in [5.74, 6) is -1.14. The summed E-state index contributed by atoms with van der Waals surface area (Å²) in [6.07, 6.45) is 3.41. The molecule has 0 bridgehead atoms. The number of nitrogens with zero attached hydrogens (tertiary/aromatic N) is 1. The zero-order chi connectivity index (χ0) is 17.0. The van der Waals surface area contributed by atoms with Crippen LogP contribution in [-0.2, 0) is 23.9 Å². The highest BCUT2D eigenvalue weighted by atomic mass is 16.7. The molecule has 6 nitrogen and oxygen atoms in total. The Morgan fingerprint density at radius 2 is 1.50 bits per heavy atom. The van der Waals surface area contributed by atoms with E-state index >= 15 is 0 Å². The summed E-state index contributed by atoms with van der Waals surface area (Å²) < 4.78 is 10.3. The Kier molecular flexibility index (Phi) is 11.8. The molecule has 0 aliphatic carbocycles. The lowest BCUT2D eigenvalue weighted by Gasteiger charge is -2.14. The smallest absolute Gasteiger partial charge is 0.312 e. The minimum Gasteiger partial charge on any atom is -0.465 e. The van der Waals surface area contributed by atoms with Crippen molar-refractivity contribution in [1.29, 1.82) is 0 Å². The van der Waals surface area contributed by atoms with Crippen LogP contribution in [-0.4, -0.2) is 50.9 Å². The zero-order valence-corrected chi connectivity index (χ0v) is 14.6. The number of hydrogen-bond acceptors (Lipinski definition) is 6. The maximum atomic E-state index is 11.7. The molecule has 0 aliphatic heterocycles. The number of carbonyl (C=O) groups is 2. The number of rotatable bonds is 12. The summed E-state index contributed by atoms with van der Waals surface area (Å²) in [6, 6.07) is 0. The lowest BCUT2D eigenvalue weighted by Crippen LogP contribution is -2.24. The molecule has 0 amide bonds. The predicted octanol–water partition coefficient (Wildman–Crippen LogP) is 2.42. The fourth-order valence-corrected chi connectivity index (χ4v) is 1.53. The molecule has 0 radical (unpaired) electrons. The van der Waals surface area contributed by atoms with Crippen LogP contribution in [0.2, 0.25) is 0 Å². The molecule has 2 atom stereocenters. The summed E-state index contributed by atoms with van der Waals surface area (Å²) in [6.45, 7) is 6.59. The number of hydroxylamine groups is 2. The number of esters is 2. The van der Waals surface area contributed by atoms with Gasteiger partial charge in [-0.05, 0) is 32.6 Å². The van der Waals surface area contributed by atoms with Crippen LogP contribution in [0.1, 0.15) is 46.5 Å². The Hall–Kier alpha value is -1.14. The second kappa shape index (κ2) is 12.4. The minimum absolute atomic E-state index is 0.0820. The van der Waals surface area contributed by atoms with E-state index in [4.69, 9.17) is 14.3 Å². The van der Waals surface area contributed by atoms with Gasteiger partial charge in [0, 0.05) is 14.1 Å². The van der Waals surface area contributed by atoms with Crippen molar-refractivity contribution in [3.63, 3.8) is 0 Å². The van der Waals surface area contributed by atoms with E-state index in [1.165, 1.54) is 0 Å². The van der Waals surface area contributed by atoms with E-state index in [-0.39, 0.29) is 24.5 Å². The monoisotopic (exact) mass is 317 g/mol. The fourth-order valence-electron chi connectivity index (χ4n) is 1.53. The first-order chi connectivity index (χ1) is 10.4. The first-order valence-corrected chi connectivity index (χ1v) is 8.02. The maximum absolute atomic E-state index is 11.7. The van der Waals surface area contributed by atoms with Gasteiger partial charge in [0.2, 0.25) is 0 Å². The van der Waals surface area contributed by atoms with Crippen molar-refractivity contribution in [2.45, 2.75) is 46.5 Å². The van der Waals surface area contributed by atoms with Crippen LogP contribution in [0.25, 0.3) is 0 Å². The van der Waals surface area contributed by atoms with Crippen molar-refractivity contribution < 1.29 is 23.9 Å². The fraction of sp³-hybridized carbons (Fsp3) is 0.875. The Morgan fingerprint density at radius 1 is 0.909 bits per heavy atom. The molecule has 130 valence electrons. The van der Waals surface area contributed by atoms with Gasteiger partial charge < -0.3 is 9.47 Å². The Labute approximate surface area is 134 Å². The third kappa shape index (κ3) is 10.6. The summed E-state index contributed by atoms with van der Waals surface area (Å²) >= 11 is 0. The molecule has 0 saturated carbocycles. The average Bonchev–Trinajstić information content (AvgIpc) is 2.49. The van der Waals surface area contributed by atoms with Gasteiger partial charge in [-0.1, -0.05) is 13.8 Å². The zero-order valence-electron chi connectivity index (χ0n) is 14.6. The molecule has 0 saturated heterocycles. The maximum Gasteiger partial charge on any atom is 0.312 e. The van der Waals surface area contributed by atoms with Crippen molar-refractivity contribution in [2.75, 3.05) is 33.9 Å². The van der Waals surface area contributed by atoms with Gasteiger partial charge in [0.25, 0.3) is 0 Å². The molecule has 0 heterocycles. The minimum atomic E-state index is -0.426. The summed E-state index contributed by atoms with van der Waals surface area (Å²) in [4.78, 5) is 28.5. The van der Waals surface area contributed by atoms with Crippen LogP contribution in [0.15, 0.2) is 0 Å². The SMILES string of the molecule is CCC(C)C(=O)OCC(C)C(=O)OCCCCCON(C)C. The van der Waals surface area contributed by atoms with Gasteiger partial charge in [-0.2, -0.15) is 5.06 Å². The summed E-state index contributed by atoms with van der Waals surface area (Å²) in [5.41, 5.74) is 0. The lowest BCUT2D eigenvalue weighted by molar-refractivity contribution is -0.156. The molecular weight excluding hydrogens is 286 g/mol. The van der Waals surface area contributed by atoms with Gasteiger partial charge in [-0.25, -0.2) is 0 Å². The first-order valence-electron chi connectivity index (χ1n) is 8.02. The molecule has 0 fully saturated rings. The van der Waals surface area contributed by atoms with E-state index in [1.807, 2.05) is 27.9 Å². The van der Waals surface area contributed by atoms with Crippen molar-refractivity contribution in [3.8, 4) is 0 Å². The molecule has 0 spiro atoms. The number of ether oxygens (including phenoxy) is 2. The molecule has 0 aromatic heterocycles. The Balaban J connectivity index is 3.64. The highest BCUT2D eigenvalue weighted by Crippen LogP contribution is 2.07. The number of hydrogen-bond donors (Lipinski definition) is 0. The summed E-state index contributed by atoms with van der Waals surface area (Å²) in [5, 5.41) is 1.67. The second-order valence-corrected chi connectivity index (χ2v) is 5.71. The second-order valence-electron chi connectivity index (χ2n) is 5.71. The largest absolute Gasteiger partial charge is 0.465 e. The van der Waals surface area contributed by atoms with Gasteiger partial charge in [0.15, 0.2) is 0 Å². The normalized spacial score (nSPS) is 13.7. The topological polar surface area (TPSA) is 65.1 Å².